The van der Waals surface area contributed by atoms with Gasteiger partial charge in [0.2, 0.25) is 0 Å². The first-order valence-electron chi connectivity index (χ1n) is 4.27. The first-order chi connectivity index (χ1) is 6.74. The Morgan fingerprint density at radius 1 is 1.50 bits per heavy atom. The zero-order valence-electron chi connectivity index (χ0n) is 7.78. The van der Waals surface area contributed by atoms with Crippen LogP contribution in [-0.2, 0) is 4.84 Å². The normalized spacial score (nSPS) is 11.1. The Bertz CT molecular complexity index is 313. The zero-order valence-corrected chi connectivity index (χ0v) is 7.78. The fourth-order valence-electron chi connectivity index (χ4n) is 0.948. The van der Waals surface area contributed by atoms with Crippen molar-refractivity contribution in [1.82, 2.24) is 0 Å². The van der Waals surface area contributed by atoms with Gasteiger partial charge < -0.3 is 4.84 Å². The minimum absolute atomic E-state index is 0.00884. The molecule has 0 amide bonds. The maximum absolute atomic E-state index is 12.3. The van der Waals surface area contributed by atoms with Crippen LogP contribution in [0.5, 0.6) is 0 Å². The van der Waals surface area contributed by atoms with Crippen LogP contribution in [0.3, 0.4) is 0 Å². The lowest BCUT2D eigenvalue weighted by Gasteiger charge is -1.99. The summed E-state index contributed by atoms with van der Waals surface area (Å²) >= 11 is 0. The third kappa shape index (κ3) is 3.12. The van der Waals surface area contributed by atoms with Gasteiger partial charge in [0.1, 0.15) is 6.61 Å². The van der Waals surface area contributed by atoms with E-state index >= 15 is 0 Å². The van der Waals surface area contributed by atoms with Crippen LogP contribution in [0.2, 0.25) is 0 Å². The fraction of sp³-hybridized carbons (Fsp3) is 0.300. The van der Waals surface area contributed by atoms with E-state index in [0.717, 1.165) is 0 Å². The van der Waals surface area contributed by atoms with Crippen LogP contribution in [0.15, 0.2) is 29.4 Å². The van der Waals surface area contributed by atoms with Crippen LogP contribution < -0.4 is 0 Å². The van der Waals surface area contributed by atoms with Crippen LogP contribution in [-0.4, -0.2) is 12.8 Å². The molecule has 0 aliphatic carbocycles. The van der Waals surface area contributed by atoms with Gasteiger partial charge in [0, 0.05) is 5.56 Å². The third-order valence-electron chi connectivity index (χ3n) is 1.57. The van der Waals surface area contributed by atoms with Crippen molar-refractivity contribution in [3.63, 3.8) is 0 Å². The van der Waals surface area contributed by atoms with Crippen molar-refractivity contribution in [1.29, 1.82) is 0 Å². The summed E-state index contributed by atoms with van der Waals surface area (Å²) in [5.74, 6) is 0. The molecule has 1 aromatic rings. The molecule has 0 spiro atoms. The lowest BCUT2D eigenvalue weighted by atomic mass is 10.1. The summed E-state index contributed by atoms with van der Waals surface area (Å²) in [6, 6.07) is 6.01. The van der Waals surface area contributed by atoms with Gasteiger partial charge in [0.25, 0.3) is 6.43 Å². The maximum atomic E-state index is 12.3. The third-order valence-corrected chi connectivity index (χ3v) is 1.57. The Labute approximate surface area is 81.2 Å². The summed E-state index contributed by atoms with van der Waals surface area (Å²) in [5.41, 5.74) is 0.599. The Morgan fingerprint density at radius 2 is 2.29 bits per heavy atom. The number of hydrogen-bond acceptors (Lipinski definition) is 2. The summed E-state index contributed by atoms with van der Waals surface area (Å²) in [6.45, 7) is 2.26. The molecule has 0 aliphatic rings. The molecule has 0 atom stereocenters. The van der Waals surface area contributed by atoms with Crippen molar-refractivity contribution in [3.8, 4) is 0 Å². The monoisotopic (exact) mass is 199 g/mol. The summed E-state index contributed by atoms with van der Waals surface area (Å²) in [7, 11) is 0. The molecule has 0 N–H and O–H groups in total. The maximum Gasteiger partial charge on any atom is 0.263 e. The minimum atomic E-state index is -2.45. The van der Waals surface area contributed by atoms with Gasteiger partial charge in [-0.2, -0.15) is 0 Å². The van der Waals surface area contributed by atoms with Crippen LogP contribution >= 0.6 is 0 Å². The molecule has 76 valence electrons. The van der Waals surface area contributed by atoms with Crippen molar-refractivity contribution >= 4 is 6.21 Å². The van der Waals surface area contributed by atoms with Crippen LogP contribution in [0.25, 0.3) is 0 Å². The molecule has 0 saturated carbocycles. The van der Waals surface area contributed by atoms with Crippen molar-refractivity contribution in [3.05, 3.63) is 35.4 Å². The van der Waals surface area contributed by atoms with E-state index in [1.807, 2.05) is 0 Å². The summed E-state index contributed by atoms with van der Waals surface area (Å²) in [5, 5.41) is 3.59. The summed E-state index contributed by atoms with van der Waals surface area (Å²) < 4.78 is 24.5. The lowest BCUT2D eigenvalue weighted by Crippen LogP contribution is -1.88. The molecule has 4 heteroatoms. The number of nitrogens with zero attached hydrogens (tertiary/aromatic N) is 1. The van der Waals surface area contributed by atoms with E-state index in [1.54, 1.807) is 19.1 Å². The predicted molar refractivity (Wildman–Crippen MR) is 50.6 cm³/mol. The molecule has 0 bridgehead atoms. The molecule has 1 aromatic carbocycles. The molecule has 0 heterocycles. The summed E-state index contributed by atoms with van der Waals surface area (Å²) in [6.07, 6.45) is -1.04. The second-order valence-electron chi connectivity index (χ2n) is 2.62. The Hall–Kier alpha value is -1.45. The molecular formula is C10H11F2NO. The second-order valence-corrected chi connectivity index (χ2v) is 2.62. The number of hydrogen-bond donors (Lipinski definition) is 0. The molecule has 14 heavy (non-hydrogen) atoms. The molecule has 0 saturated heterocycles. The second kappa shape index (κ2) is 5.32. The molecule has 2 nitrogen and oxygen atoms in total. The Morgan fingerprint density at radius 3 is 2.93 bits per heavy atom. The summed E-state index contributed by atoms with van der Waals surface area (Å²) in [4.78, 5) is 4.72. The van der Waals surface area contributed by atoms with Gasteiger partial charge in [0.05, 0.1) is 6.21 Å². The van der Waals surface area contributed by atoms with E-state index in [1.165, 1.54) is 18.3 Å². The zero-order chi connectivity index (χ0) is 10.4. The van der Waals surface area contributed by atoms with Gasteiger partial charge >= 0.3 is 0 Å². The van der Waals surface area contributed by atoms with Gasteiger partial charge in [-0.15, -0.1) is 0 Å². The van der Waals surface area contributed by atoms with Gasteiger partial charge in [-0.1, -0.05) is 23.4 Å². The van der Waals surface area contributed by atoms with E-state index in [-0.39, 0.29) is 5.56 Å². The minimum Gasteiger partial charge on any atom is -0.396 e. The van der Waals surface area contributed by atoms with Gasteiger partial charge in [-0.3, -0.25) is 0 Å². The number of halogens is 2. The standard InChI is InChI=1S/C10H11F2NO/c1-2-14-13-7-8-4-3-5-9(6-8)10(11)12/h3-7,10H,2H2,1H3. The average Bonchev–Trinajstić information content (AvgIpc) is 2.19. The van der Waals surface area contributed by atoms with Gasteiger partial charge in [0.15, 0.2) is 0 Å². The smallest absolute Gasteiger partial charge is 0.263 e. The predicted octanol–water partition coefficient (Wildman–Crippen LogP) is 2.99. The number of oxime groups is 1. The van der Waals surface area contributed by atoms with Gasteiger partial charge in [-0.05, 0) is 18.6 Å². The highest BCUT2D eigenvalue weighted by molar-refractivity contribution is 5.79. The van der Waals surface area contributed by atoms with E-state index in [2.05, 4.69) is 5.16 Å². The number of benzene rings is 1. The van der Waals surface area contributed by atoms with Crippen LogP contribution in [0, 0.1) is 0 Å². The highest BCUT2D eigenvalue weighted by Crippen LogP contribution is 2.18. The molecule has 1 rings (SSSR count). The SMILES string of the molecule is CCON=Cc1cccc(C(F)F)c1. The highest BCUT2D eigenvalue weighted by Gasteiger charge is 2.05. The average molecular weight is 199 g/mol. The molecule has 0 fully saturated rings. The van der Waals surface area contributed by atoms with Crippen LogP contribution in [0.1, 0.15) is 24.5 Å². The van der Waals surface area contributed by atoms with E-state index in [4.69, 9.17) is 4.84 Å². The lowest BCUT2D eigenvalue weighted by molar-refractivity contribution is 0.151. The van der Waals surface area contributed by atoms with Crippen molar-refractivity contribution < 1.29 is 13.6 Å². The topological polar surface area (TPSA) is 21.6 Å². The van der Waals surface area contributed by atoms with E-state index in [9.17, 15) is 8.78 Å². The van der Waals surface area contributed by atoms with Crippen molar-refractivity contribution in [2.45, 2.75) is 13.3 Å². The first kappa shape index (κ1) is 10.6. The van der Waals surface area contributed by atoms with Crippen molar-refractivity contribution in [2.75, 3.05) is 6.61 Å². The molecular weight excluding hydrogens is 188 g/mol. The first-order valence-corrected chi connectivity index (χ1v) is 4.27. The fourth-order valence-corrected chi connectivity index (χ4v) is 0.948. The Balaban J connectivity index is 2.73. The molecule has 0 aliphatic heterocycles. The Kier molecular flexibility index (Phi) is 4.04. The van der Waals surface area contributed by atoms with Crippen LogP contribution in [0.4, 0.5) is 8.78 Å². The number of rotatable bonds is 4. The number of alkyl halides is 2. The molecule has 0 aromatic heterocycles. The van der Waals surface area contributed by atoms with Gasteiger partial charge in [-0.25, -0.2) is 8.78 Å². The quantitative estimate of drug-likeness (QED) is 0.539. The van der Waals surface area contributed by atoms with E-state index in [0.29, 0.717) is 12.2 Å². The van der Waals surface area contributed by atoms with E-state index < -0.39 is 6.43 Å². The largest absolute Gasteiger partial charge is 0.396 e. The molecule has 0 radical (unpaired) electrons. The highest BCUT2D eigenvalue weighted by atomic mass is 19.3. The van der Waals surface area contributed by atoms with Crippen molar-refractivity contribution in [2.24, 2.45) is 5.16 Å². The molecule has 0 unspecified atom stereocenters.